The maximum atomic E-state index is 12.4. The summed E-state index contributed by atoms with van der Waals surface area (Å²) in [6.45, 7) is 8.56. The number of aromatic amines is 1. The smallest absolute Gasteiger partial charge is 0.224 e. The first-order chi connectivity index (χ1) is 11.8. The van der Waals surface area contributed by atoms with Crippen LogP contribution in [0, 0.1) is 12.8 Å². The third-order valence-corrected chi connectivity index (χ3v) is 5.18. The first kappa shape index (κ1) is 17.7. The van der Waals surface area contributed by atoms with Crippen LogP contribution in [0.5, 0.6) is 0 Å². The van der Waals surface area contributed by atoms with Crippen molar-refractivity contribution in [2.24, 2.45) is 5.92 Å². The average molecular weight is 339 g/mol. The SMILES string of the molecule is Cc1[nH]nc(-c2ccc(C(C)(C)C)cc2)c1NC(=O)CC1CCCC1. The molecule has 4 heteroatoms. The van der Waals surface area contributed by atoms with Gasteiger partial charge in [-0.15, -0.1) is 0 Å². The molecule has 1 fully saturated rings. The molecule has 1 saturated carbocycles. The summed E-state index contributed by atoms with van der Waals surface area (Å²) < 4.78 is 0. The number of aromatic nitrogens is 2. The van der Waals surface area contributed by atoms with Gasteiger partial charge in [0.1, 0.15) is 5.69 Å². The van der Waals surface area contributed by atoms with Crippen molar-refractivity contribution in [1.82, 2.24) is 10.2 Å². The highest BCUT2D eigenvalue weighted by Gasteiger charge is 2.21. The number of carbonyl (C=O) groups excluding carboxylic acids is 1. The van der Waals surface area contributed by atoms with Gasteiger partial charge in [-0.2, -0.15) is 5.10 Å². The van der Waals surface area contributed by atoms with Crippen molar-refractivity contribution in [2.45, 2.75) is 65.2 Å². The molecule has 0 saturated heterocycles. The number of aryl methyl sites for hydroxylation is 1. The van der Waals surface area contributed by atoms with Gasteiger partial charge < -0.3 is 5.32 Å². The van der Waals surface area contributed by atoms with Crippen LogP contribution in [0.25, 0.3) is 11.3 Å². The molecule has 0 radical (unpaired) electrons. The number of carbonyl (C=O) groups is 1. The molecule has 0 bridgehead atoms. The molecule has 1 heterocycles. The predicted molar refractivity (Wildman–Crippen MR) is 103 cm³/mol. The van der Waals surface area contributed by atoms with Gasteiger partial charge in [0.2, 0.25) is 5.91 Å². The number of nitrogens with one attached hydrogen (secondary N) is 2. The second-order valence-corrected chi connectivity index (χ2v) is 8.30. The molecule has 1 aromatic carbocycles. The van der Waals surface area contributed by atoms with E-state index in [2.05, 4.69) is 60.6 Å². The van der Waals surface area contributed by atoms with Gasteiger partial charge in [-0.05, 0) is 36.7 Å². The Morgan fingerprint density at radius 1 is 1.20 bits per heavy atom. The Kier molecular flexibility index (Phi) is 4.98. The topological polar surface area (TPSA) is 57.8 Å². The van der Waals surface area contributed by atoms with E-state index in [0.717, 1.165) is 22.6 Å². The molecule has 0 unspecified atom stereocenters. The number of H-pyrrole nitrogens is 1. The Morgan fingerprint density at radius 3 is 2.44 bits per heavy atom. The van der Waals surface area contributed by atoms with E-state index in [1.54, 1.807) is 0 Å². The van der Waals surface area contributed by atoms with E-state index < -0.39 is 0 Å². The van der Waals surface area contributed by atoms with Gasteiger partial charge >= 0.3 is 0 Å². The van der Waals surface area contributed by atoms with E-state index in [4.69, 9.17) is 0 Å². The normalized spacial score (nSPS) is 15.5. The maximum absolute atomic E-state index is 12.4. The van der Waals surface area contributed by atoms with Gasteiger partial charge in [-0.25, -0.2) is 0 Å². The van der Waals surface area contributed by atoms with Crippen molar-refractivity contribution in [1.29, 1.82) is 0 Å². The van der Waals surface area contributed by atoms with Gasteiger partial charge in [-0.3, -0.25) is 9.89 Å². The fourth-order valence-electron chi connectivity index (χ4n) is 3.59. The van der Waals surface area contributed by atoms with Crippen LogP contribution < -0.4 is 5.32 Å². The summed E-state index contributed by atoms with van der Waals surface area (Å²) in [4.78, 5) is 12.4. The Balaban J connectivity index is 1.78. The predicted octanol–water partition coefficient (Wildman–Crippen LogP) is 5.20. The van der Waals surface area contributed by atoms with Crippen LogP contribution in [0.15, 0.2) is 24.3 Å². The molecule has 2 aromatic rings. The largest absolute Gasteiger partial charge is 0.323 e. The summed E-state index contributed by atoms with van der Waals surface area (Å²) >= 11 is 0. The Morgan fingerprint density at radius 2 is 1.84 bits per heavy atom. The average Bonchev–Trinajstić information content (AvgIpc) is 3.18. The fraction of sp³-hybridized carbons (Fsp3) is 0.524. The molecular weight excluding hydrogens is 310 g/mol. The van der Waals surface area contributed by atoms with Crippen LogP contribution in [-0.4, -0.2) is 16.1 Å². The van der Waals surface area contributed by atoms with Crippen molar-refractivity contribution >= 4 is 11.6 Å². The van der Waals surface area contributed by atoms with Crippen molar-refractivity contribution in [3.05, 3.63) is 35.5 Å². The van der Waals surface area contributed by atoms with Gasteiger partial charge in [-0.1, -0.05) is 57.9 Å². The quantitative estimate of drug-likeness (QED) is 0.804. The highest BCUT2D eigenvalue weighted by molar-refractivity contribution is 5.95. The first-order valence-corrected chi connectivity index (χ1v) is 9.30. The second-order valence-electron chi connectivity index (χ2n) is 8.30. The minimum Gasteiger partial charge on any atom is -0.323 e. The van der Waals surface area contributed by atoms with E-state index in [1.807, 2.05) is 6.92 Å². The van der Waals surface area contributed by atoms with Crippen LogP contribution in [0.2, 0.25) is 0 Å². The van der Waals surface area contributed by atoms with Crippen molar-refractivity contribution in [3.8, 4) is 11.3 Å². The van der Waals surface area contributed by atoms with Crippen molar-refractivity contribution in [2.75, 3.05) is 5.32 Å². The lowest BCUT2D eigenvalue weighted by Crippen LogP contribution is -2.16. The minimum atomic E-state index is 0.101. The lowest BCUT2D eigenvalue weighted by Gasteiger charge is -2.19. The van der Waals surface area contributed by atoms with E-state index in [-0.39, 0.29) is 11.3 Å². The third kappa shape index (κ3) is 4.12. The minimum absolute atomic E-state index is 0.101. The van der Waals surface area contributed by atoms with E-state index in [9.17, 15) is 4.79 Å². The maximum Gasteiger partial charge on any atom is 0.224 e. The number of hydrogen-bond donors (Lipinski definition) is 2. The summed E-state index contributed by atoms with van der Waals surface area (Å²) in [6.07, 6.45) is 5.49. The summed E-state index contributed by atoms with van der Waals surface area (Å²) in [5.41, 5.74) is 4.96. The summed E-state index contributed by atoms with van der Waals surface area (Å²) in [5.74, 6) is 0.644. The van der Waals surface area contributed by atoms with Crippen LogP contribution in [-0.2, 0) is 10.2 Å². The number of amides is 1. The van der Waals surface area contributed by atoms with E-state index >= 15 is 0 Å². The Hall–Kier alpha value is -2.10. The first-order valence-electron chi connectivity index (χ1n) is 9.30. The molecule has 1 aliphatic rings. The molecule has 0 spiro atoms. The van der Waals surface area contributed by atoms with Crippen LogP contribution in [0.3, 0.4) is 0 Å². The van der Waals surface area contributed by atoms with E-state index in [0.29, 0.717) is 12.3 Å². The number of anilines is 1. The lowest BCUT2D eigenvalue weighted by atomic mass is 9.86. The molecule has 25 heavy (non-hydrogen) atoms. The Bertz CT molecular complexity index is 731. The van der Waals surface area contributed by atoms with Gasteiger partial charge in [0.25, 0.3) is 0 Å². The van der Waals surface area contributed by atoms with Crippen LogP contribution >= 0.6 is 0 Å². The molecule has 0 aliphatic heterocycles. The molecule has 134 valence electrons. The zero-order valence-electron chi connectivity index (χ0n) is 15.8. The highest BCUT2D eigenvalue weighted by Crippen LogP contribution is 2.32. The summed E-state index contributed by atoms with van der Waals surface area (Å²) in [6, 6.07) is 8.46. The monoisotopic (exact) mass is 339 g/mol. The highest BCUT2D eigenvalue weighted by atomic mass is 16.1. The van der Waals surface area contributed by atoms with E-state index in [1.165, 1.54) is 31.2 Å². The van der Waals surface area contributed by atoms with Gasteiger partial charge in [0.15, 0.2) is 0 Å². The Labute approximate surface area is 150 Å². The number of benzene rings is 1. The van der Waals surface area contributed by atoms with Crippen molar-refractivity contribution < 1.29 is 4.79 Å². The molecular formula is C21H29N3O. The molecule has 4 nitrogen and oxygen atoms in total. The summed E-state index contributed by atoms with van der Waals surface area (Å²) in [7, 11) is 0. The zero-order valence-corrected chi connectivity index (χ0v) is 15.8. The second kappa shape index (κ2) is 7.03. The molecule has 2 N–H and O–H groups in total. The molecule has 1 amide bonds. The zero-order chi connectivity index (χ0) is 18.0. The third-order valence-electron chi connectivity index (χ3n) is 5.18. The summed E-state index contributed by atoms with van der Waals surface area (Å²) in [5, 5.41) is 10.5. The van der Waals surface area contributed by atoms with Gasteiger partial charge in [0.05, 0.1) is 11.4 Å². The molecule has 3 rings (SSSR count). The number of rotatable bonds is 4. The van der Waals surface area contributed by atoms with Crippen LogP contribution in [0.4, 0.5) is 5.69 Å². The standard InChI is InChI=1S/C21H29N3O/c1-14-19(22-18(25)13-15-7-5-6-8-15)20(24-23-14)16-9-11-17(12-10-16)21(2,3)4/h9-12,15H,5-8,13H2,1-4H3,(H,22,25)(H,23,24). The molecule has 0 atom stereocenters. The molecule has 1 aromatic heterocycles. The number of nitrogens with zero attached hydrogens (tertiary/aromatic N) is 1. The lowest BCUT2D eigenvalue weighted by molar-refractivity contribution is -0.117. The molecule has 1 aliphatic carbocycles. The fourth-order valence-corrected chi connectivity index (χ4v) is 3.59. The van der Waals surface area contributed by atoms with Gasteiger partial charge in [0, 0.05) is 12.0 Å². The number of hydrogen-bond acceptors (Lipinski definition) is 2. The van der Waals surface area contributed by atoms with Crippen LogP contribution in [0.1, 0.15) is 64.1 Å². The van der Waals surface area contributed by atoms with Crippen molar-refractivity contribution in [3.63, 3.8) is 0 Å².